The molecule has 7 nitrogen and oxygen atoms in total. The fraction of sp³-hybridized carbons (Fsp3) is 0.652. The van der Waals surface area contributed by atoms with Gasteiger partial charge in [0.1, 0.15) is 5.82 Å². The Balaban J connectivity index is 1.46. The van der Waals surface area contributed by atoms with Crippen LogP contribution in [0.15, 0.2) is 24.4 Å². The smallest absolute Gasteiger partial charge is 0.239 e. The third-order valence-electron chi connectivity index (χ3n) is 6.10. The molecule has 164 valence electrons. The second-order valence-corrected chi connectivity index (χ2v) is 8.48. The Labute approximate surface area is 179 Å². The Morgan fingerprint density at radius 2 is 1.67 bits per heavy atom. The van der Waals surface area contributed by atoms with Gasteiger partial charge >= 0.3 is 0 Å². The fourth-order valence-electron chi connectivity index (χ4n) is 4.50. The molecular formula is C23H34N4O3. The minimum absolute atomic E-state index is 0.0219. The number of aromatic nitrogens is 1. The maximum absolute atomic E-state index is 12.9. The number of pyridine rings is 1. The molecule has 1 aromatic rings. The van der Waals surface area contributed by atoms with Crippen molar-refractivity contribution in [1.82, 2.24) is 15.2 Å². The summed E-state index contributed by atoms with van der Waals surface area (Å²) < 4.78 is 0. The van der Waals surface area contributed by atoms with E-state index in [0.717, 1.165) is 51.4 Å². The molecule has 2 N–H and O–H groups in total. The van der Waals surface area contributed by atoms with Crippen molar-refractivity contribution in [2.75, 3.05) is 11.9 Å². The summed E-state index contributed by atoms with van der Waals surface area (Å²) in [5.41, 5.74) is 0. The molecule has 0 radical (unpaired) electrons. The Hall–Kier alpha value is -2.44. The monoisotopic (exact) mass is 414 g/mol. The topological polar surface area (TPSA) is 91.4 Å². The van der Waals surface area contributed by atoms with Crippen LogP contribution in [0.1, 0.15) is 77.0 Å². The Bertz CT molecular complexity index is 698. The molecule has 3 amide bonds. The summed E-state index contributed by atoms with van der Waals surface area (Å²) in [6.07, 6.45) is 12.4. The maximum Gasteiger partial charge on any atom is 0.239 e. The number of nitrogens with one attached hydrogen (secondary N) is 2. The van der Waals surface area contributed by atoms with Crippen LogP contribution in [0.25, 0.3) is 0 Å². The van der Waals surface area contributed by atoms with Gasteiger partial charge in [0.25, 0.3) is 0 Å². The normalized spacial score (nSPS) is 17.5. The van der Waals surface area contributed by atoms with Crippen molar-refractivity contribution in [2.45, 2.75) is 89.1 Å². The lowest BCUT2D eigenvalue weighted by Crippen LogP contribution is -2.48. The molecule has 0 unspecified atom stereocenters. The Kier molecular flexibility index (Phi) is 8.66. The molecule has 1 aromatic heterocycles. The van der Waals surface area contributed by atoms with Crippen molar-refractivity contribution in [2.24, 2.45) is 0 Å². The van der Waals surface area contributed by atoms with Crippen molar-refractivity contribution >= 4 is 23.5 Å². The van der Waals surface area contributed by atoms with E-state index in [2.05, 4.69) is 15.6 Å². The van der Waals surface area contributed by atoms with Gasteiger partial charge in [0, 0.05) is 31.1 Å². The largest absolute Gasteiger partial charge is 0.352 e. The van der Waals surface area contributed by atoms with Crippen LogP contribution in [-0.2, 0) is 14.4 Å². The molecular weight excluding hydrogens is 380 g/mol. The Morgan fingerprint density at radius 3 is 2.37 bits per heavy atom. The Morgan fingerprint density at radius 1 is 0.933 bits per heavy atom. The van der Waals surface area contributed by atoms with E-state index in [1.54, 1.807) is 23.2 Å². The molecule has 0 saturated heterocycles. The standard InChI is InChI=1S/C23H34N4O3/c28-21(26-20-13-6-7-16-24-20)14-8-15-23(30)27(19-11-4-5-12-19)17-22(29)25-18-9-2-1-3-10-18/h6-7,13,16,18-19H,1-5,8-12,14-15,17H2,(H,25,29)(H,24,26,28). The van der Waals surface area contributed by atoms with E-state index in [9.17, 15) is 14.4 Å². The second kappa shape index (κ2) is 11.7. The van der Waals surface area contributed by atoms with Crippen LogP contribution in [0.2, 0.25) is 0 Å². The summed E-state index contributed by atoms with van der Waals surface area (Å²) in [5.74, 6) is 0.297. The quantitative estimate of drug-likeness (QED) is 0.648. The van der Waals surface area contributed by atoms with Crippen molar-refractivity contribution in [3.8, 4) is 0 Å². The predicted octanol–water partition coefficient (Wildman–Crippen LogP) is 3.41. The third kappa shape index (κ3) is 7.11. The zero-order chi connectivity index (χ0) is 21.2. The first-order chi connectivity index (χ1) is 14.6. The van der Waals surface area contributed by atoms with Gasteiger partial charge in [-0.3, -0.25) is 14.4 Å². The molecule has 0 aliphatic heterocycles. The van der Waals surface area contributed by atoms with Crippen LogP contribution in [0, 0.1) is 0 Å². The molecule has 0 atom stereocenters. The number of carbonyl (C=O) groups is 3. The van der Waals surface area contributed by atoms with Gasteiger partial charge in [-0.25, -0.2) is 4.98 Å². The average Bonchev–Trinajstić information content (AvgIpc) is 3.28. The molecule has 2 fully saturated rings. The van der Waals surface area contributed by atoms with Gasteiger partial charge in [-0.15, -0.1) is 0 Å². The molecule has 2 aliphatic rings. The van der Waals surface area contributed by atoms with Gasteiger partial charge in [-0.05, 0) is 44.2 Å². The summed E-state index contributed by atoms with van der Waals surface area (Å²) in [4.78, 5) is 43.4. The number of anilines is 1. The molecule has 0 bridgehead atoms. The summed E-state index contributed by atoms with van der Waals surface area (Å²) in [5, 5.41) is 5.86. The highest BCUT2D eigenvalue weighted by Gasteiger charge is 2.29. The van der Waals surface area contributed by atoms with E-state index >= 15 is 0 Å². The number of amides is 3. The lowest BCUT2D eigenvalue weighted by molar-refractivity contribution is -0.138. The zero-order valence-corrected chi connectivity index (χ0v) is 17.8. The predicted molar refractivity (Wildman–Crippen MR) is 116 cm³/mol. The van der Waals surface area contributed by atoms with Gasteiger partial charge < -0.3 is 15.5 Å². The van der Waals surface area contributed by atoms with Crippen molar-refractivity contribution in [3.05, 3.63) is 24.4 Å². The van der Waals surface area contributed by atoms with Gasteiger partial charge in [-0.1, -0.05) is 38.2 Å². The van der Waals surface area contributed by atoms with Crippen molar-refractivity contribution in [3.63, 3.8) is 0 Å². The van der Waals surface area contributed by atoms with Gasteiger partial charge in [0.2, 0.25) is 17.7 Å². The van der Waals surface area contributed by atoms with E-state index in [1.165, 1.54) is 6.42 Å². The van der Waals surface area contributed by atoms with Crippen LogP contribution in [-0.4, -0.2) is 46.2 Å². The van der Waals surface area contributed by atoms with E-state index in [0.29, 0.717) is 12.2 Å². The van der Waals surface area contributed by atoms with Crippen LogP contribution in [0.4, 0.5) is 5.82 Å². The highest BCUT2D eigenvalue weighted by molar-refractivity contribution is 5.90. The number of nitrogens with zero attached hydrogens (tertiary/aromatic N) is 2. The highest BCUT2D eigenvalue weighted by atomic mass is 16.2. The minimum Gasteiger partial charge on any atom is -0.352 e. The number of hydrogen-bond donors (Lipinski definition) is 2. The second-order valence-electron chi connectivity index (χ2n) is 8.48. The molecule has 3 rings (SSSR count). The first-order valence-corrected chi connectivity index (χ1v) is 11.4. The van der Waals surface area contributed by atoms with Crippen LogP contribution < -0.4 is 10.6 Å². The van der Waals surface area contributed by atoms with Crippen LogP contribution >= 0.6 is 0 Å². The zero-order valence-electron chi connectivity index (χ0n) is 17.8. The van der Waals surface area contributed by atoms with E-state index in [4.69, 9.17) is 0 Å². The first kappa shape index (κ1) is 22.2. The summed E-state index contributed by atoms with van der Waals surface area (Å²) >= 11 is 0. The van der Waals surface area contributed by atoms with E-state index < -0.39 is 0 Å². The van der Waals surface area contributed by atoms with Gasteiger partial charge in [-0.2, -0.15) is 0 Å². The molecule has 30 heavy (non-hydrogen) atoms. The summed E-state index contributed by atoms with van der Waals surface area (Å²) in [7, 11) is 0. The minimum atomic E-state index is -0.149. The molecule has 0 spiro atoms. The van der Waals surface area contributed by atoms with Crippen LogP contribution in [0.3, 0.4) is 0 Å². The lowest BCUT2D eigenvalue weighted by Gasteiger charge is -2.30. The van der Waals surface area contributed by atoms with E-state index in [-0.39, 0.29) is 49.2 Å². The summed E-state index contributed by atoms with van der Waals surface area (Å²) in [6.45, 7) is 0.139. The number of hydrogen-bond acceptors (Lipinski definition) is 4. The molecule has 0 aromatic carbocycles. The summed E-state index contributed by atoms with van der Waals surface area (Å²) in [6, 6.07) is 5.73. The molecule has 2 aliphatic carbocycles. The number of rotatable bonds is 9. The van der Waals surface area contributed by atoms with Crippen molar-refractivity contribution < 1.29 is 14.4 Å². The maximum atomic E-state index is 12.9. The lowest BCUT2D eigenvalue weighted by atomic mass is 9.95. The number of carbonyl (C=O) groups excluding carboxylic acids is 3. The molecule has 1 heterocycles. The first-order valence-electron chi connectivity index (χ1n) is 11.4. The molecule has 7 heteroatoms. The van der Waals surface area contributed by atoms with E-state index in [1.807, 2.05) is 6.07 Å². The molecule has 2 saturated carbocycles. The SMILES string of the molecule is O=C(CCCC(=O)N(CC(=O)NC1CCCCC1)C1CCCC1)Nc1ccccn1. The van der Waals surface area contributed by atoms with Crippen LogP contribution in [0.5, 0.6) is 0 Å². The highest BCUT2D eigenvalue weighted by Crippen LogP contribution is 2.24. The van der Waals surface area contributed by atoms with Gasteiger partial charge in [0.15, 0.2) is 0 Å². The van der Waals surface area contributed by atoms with Crippen molar-refractivity contribution in [1.29, 1.82) is 0 Å². The third-order valence-corrected chi connectivity index (χ3v) is 6.10. The average molecular weight is 415 g/mol. The van der Waals surface area contributed by atoms with Gasteiger partial charge in [0.05, 0.1) is 6.54 Å². The fourth-order valence-corrected chi connectivity index (χ4v) is 4.50.